The summed E-state index contributed by atoms with van der Waals surface area (Å²) in [6.07, 6.45) is 0. The Labute approximate surface area is 112 Å². The second-order valence-corrected chi connectivity index (χ2v) is 4.21. The molecule has 0 bridgehead atoms. The molecule has 0 atom stereocenters. The standard InChI is InChI=1S/C13H18N4O2/c1-17(8-9-6-13(14)16-15-9)11-7-10(18-2)4-5-12(11)19-3/h4-7H,8H2,1-3H3,(H3,14,15,16). The average molecular weight is 262 g/mol. The Kier molecular flexibility index (Phi) is 3.79. The van der Waals surface area contributed by atoms with Gasteiger partial charge in [0.05, 0.1) is 32.1 Å². The molecule has 0 saturated heterocycles. The van der Waals surface area contributed by atoms with Crippen LogP contribution in [-0.2, 0) is 6.54 Å². The van der Waals surface area contributed by atoms with Gasteiger partial charge in [-0.05, 0) is 12.1 Å². The molecular weight excluding hydrogens is 244 g/mol. The largest absolute Gasteiger partial charge is 0.497 e. The van der Waals surface area contributed by atoms with Crippen molar-refractivity contribution in [3.8, 4) is 11.5 Å². The molecule has 1 heterocycles. The van der Waals surface area contributed by atoms with E-state index >= 15 is 0 Å². The van der Waals surface area contributed by atoms with Crippen molar-refractivity contribution in [2.24, 2.45) is 0 Å². The molecule has 3 N–H and O–H groups in total. The SMILES string of the molecule is COc1ccc(OC)c(N(C)Cc2cc(N)n[nH]2)c1. The van der Waals surface area contributed by atoms with E-state index in [2.05, 4.69) is 10.2 Å². The van der Waals surface area contributed by atoms with Crippen LogP contribution in [0.1, 0.15) is 5.69 Å². The third-order valence-corrected chi connectivity index (χ3v) is 2.86. The van der Waals surface area contributed by atoms with E-state index in [1.807, 2.05) is 36.2 Å². The molecule has 2 aromatic rings. The van der Waals surface area contributed by atoms with Gasteiger partial charge in [-0.15, -0.1) is 0 Å². The minimum absolute atomic E-state index is 0.487. The van der Waals surface area contributed by atoms with Gasteiger partial charge in [-0.3, -0.25) is 5.10 Å². The number of rotatable bonds is 5. The molecule has 0 radical (unpaired) electrons. The van der Waals surface area contributed by atoms with Crippen molar-refractivity contribution < 1.29 is 9.47 Å². The zero-order valence-corrected chi connectivity index (χ0v) is 11.3. The van der Waals surface area contributed by atoms with Crippen LogP contribution in [-0.4, -0.2) is 31.5 Å². The van der Waals surface area contributed by atoms with E-state index in [0.29, 0.717) is 12.4 Å². The lowest BCUT2D eigenvalue weighted by atomic mass is 10.2. The predicted molar refractivity (Wildman–Crippen MR) is 74.7 cm³/mol. The number of hydrogen-bond donors (Lipinski definition) is 2. The molecule has 0 unspecified atom stereocenters. The summed E-state index contributed by atoms with van der Waals surface area (Å²) in [5.41, 5.74) is 7.46. The summed E-state index contributed by atoms with van der Waals surface area (Å²) < 4.78 is 10.6. The lowest BCUT2D eigenvalue weighted by molar-refractivity contribution is 0.403. The zero-order valence-electron chi connectivity index (χ0n) is 11.3. The number of methoxy groups -OCH3 is 2. The number of anilines is 2. The molecule has 19 heavy (non-hydrogen) atoms. The van der Waals surface area contributed by atoms with E-state index in [-0.39, 0.29) is 0 Å². The molecule has 0 aliphatic rings. The van der Waals surface area contributed by atoms with Crippen molar-refractivity contribution in [2.45, 2.75) is 6.54 Å². The fourth-order valence-electron chi connectivity index (χ4n) is 1.90. The van der Waals surface area contributed by atoms with E-state index in [0.717, 1.165) is 22.9 Å². The molecule has 6 nitrogen and oxygen atoms in total. The van der Waals surface area contributed by atoms with Crippen molar-refractivity contribution >= 4 is 11.5 Å². The molecule has 6 heteroatoms. The van der Waals surface area contributed by atoms with E-state index in [4.69, 9.17) is 15.2 Å². The molecule has 1 aromatic carbocycles. The fraction of sp³-hybridized carbons (Fsp3) is 0.308. The highest BCUT2D eigenvalue weighted by Crippen LogP contribution is 2.32. The third kappa shape index (κ3) is 2.90. The smallest absolute Gasteiger partial charge is 0.145 e. The Bertz CT molecular complexity index is 553. The van der Waals surface area contributed by atoms with Crippen molar-refractivity contribution in [1.82, 2.24) is 10.2 Å². The van der Waals surface area contributed by atoms with Crippen LogP contribution in [0, 0.1) is 0 Å². The summed E-state index contributed by atoms with van der Waals surface area (Å²) in [5.74, 6) is 2.06. The van der Waals surface area contributed by atoms with Gasteiger partial charge in [0.1, 0.15) is 17.3 Å². The summed E-state index contributed by atoms with van der Waals surface area (Å²) in [6.45, 7) is 0.647. The highest BCUT2D eigenvalue weighted by atomic mass is 16.5. The summed E-state index contributed by atoms with van der Waals surface area (Å²) >= 11 is 0. The number of benzene rings is 1. The minimum atomic E-state index is 0.487. The van der Waals surface area contributed by atoms with Crippen molar-refractivity contribution in [3.63, 3.8) is 0 Å². The maximum absolute atomic E-state index is 5.59. The number of aromatic amines is 1. The summed E-state index contributed by atoms with van der Waals surface area (Å²) in [4.78, 5) is 2.04. The van der Waals surface area contributed by atoms with Gasteiger partial charge in [0.25, 0.3) is 0 Å². The molecule has 2 rings (SSSR count). The zero-order chi connectivity index (χ0) is 13.8. The van der Waals surface area contributed by atoms with Gasteiger partial charge in [-0.2, -0.15) is 5.10 Å². The van der Waals surface area contributed by atoms with Crippen LogP contribution in [0.2, 0.25) is 0 Å². The molecule has 0 aliphatic carbocycles. The molecule has 0 fully saturated rings. The second kappa shape index (κ2) is 5.51. The van der Waals surface area contributed by atoms with Crippen LogP contribution in [0.4, 0.5) is 11.5 Å². The van der Waals surface area contributed by atoms with E-state index in [1.165, 1.54) is 0 Å². The van der Waals surface area contributed by atoms with E-state index < -0.39 is 0 Å². The monoisotopic (exact) mass is 262 g/mol. The van der Waals surface area contributed by atoms with Gasteiger partial charge in [0, 0.05) is 19.2 Å². The highest BCUT2D eigenvalue weighted by molar-refractivity contribution is 5.61. The lowest BCUT2D eigenvalue weighted by Gasteiger charge is -2.21. The molecule has 1 aromatic heterocycles. The van der Waals surface area contributed by atoms with Crippen LogP contribution in [0.5, 0.6) is 11.5 Å². The first-order chi connectivity index (χ1) is 9.13. The number of nitrogens with one attached hydrogen (secondary N) is 1. The van der Waals surface area contributed by atoms with Crippen molar-refractivity contribution in [2.75, 3.05) is 31.9 Å². The number of H-pyrrole nitrogens is 1. The molecular formula is C13H18N4O2. The fourth-order valence-corrected chi connectivity index (χ4v) is 1.90. The second-order valence-electron chi connectivity index (χ2n) is 4.21. The van der Waals surface area contributed by atoms with E-state index in [1.54, 1.807) is 14.2 Å². The number of hydrogen-bond acceptors (Lipinski definition) is 5. The maximum Gasteiger partial charge on any atom is 0.145 e. The number of ether oxygens (including phenoxy) is 2. The van der Waals surface area contributed by atoms with Crippen LogP contribution in [0.25, 0.3) is 0 Å². The Morgan fingerprint density at radius 3 is 2.63 bits per heavy atom. The van der Waals surface area contributed by atoms with Gasteiger partial charge >= 0.3 is 0 Å². The van der Waals surface area contributed by atoms with Crippen LogP contribution in [0.15, 0.2) is 24.3 Å². The first kappa shape index (κ1) is 13.1. The quantitative estimate of drug-likeness (QED) is 0.856. The number of nitrogens with zero attached hydrogens (tertiary/aromatic N) is 2. The average Bonchev–Trinajstić information content (AvgIpc) is 2.83. The first-order valence-electron chi connectivity index (χ1n) is 5.87. The van der Waals surface area contributed by atoms with Crippen molar-refractivity contribution in [1.29, 1.82) is 0 Å². The molecule has 0 aliphatic heterocycles. The molecule has 0 amide bonds. The summed E-state index contributed by atoms with van der Waals surface area (Å²) in [6, 6.07) is 7.48. The number of aromatic nitrogens is 2. The maximum atomic E-state index is 5.59. The van der Waals surface area contributed by atoms with Gasteiger partial charge in [-0.1, -0.05) is 0 Å². The molecule has 0 spiro atoms. The van der Waals surface area contributed by atoms with Crippen LogP contribution < -0.4 is 20.1 Å². The summed E-state index contributed by atoms with van der Waals surface area (Å²) in [7, 11) is 5.25. The highest BCUT2D eigenvalue weighted by Gasteiger charge is 2.11. The van der Waals surface area contributed by atoms with Crippen molar-refractivity contribution in [3.05, 3.63) is 30.0 Å². The lowest BCUT2D eigenvalue weighted by Crippen LogP contribution is -2.17. The van der Waals surface area contributed by atoms with Gasteiger partial charge in [0.2, 0.25) is 0 Å². The number of nitrogens with two attached hydrogens (primary N) is 1. The normalized spacial score (nSPS) is 10.3. The minimum Gasteiger partial charge on any atom is -0.497 e. The topological polar surface area (TPSA) is 76.4 Å². The Balaban J connectivity index is 2.23. The van der Waals surface area contributed by atoms with Gasteiger partial charge in [-0.25, -0.2) is 0 Å². The number of nitrogen functional groups attached to an aromatic ring is 1. The first-order valence-corrected chi connectivity index (χ1v) is 5.87. The van der Waals surface area contributed by atoms with E-state index in [9.17, 15) is 0 Å². The predicted octanol–water partition coefficient (Wildman–Crippen LogP) is 1.65. The van der Waals surface area contributed by atoms with Gasteiger partial charge in [0.15, 0.2) is 0 Å². The van der Waals surface area contributed by atoms with Crippen LogP contribution >= 0.6 is 0 Å². The summed E-state index contributed by atoms with van der Waals surface area (Å²) in [5, 5.41) is 6.79. The van der Waals surface area contributed by atoms with Gasteiger partial charge < -0.3 is 20.1 Å². The Hall–Kier alpha value is -2.37. The molecule has 102 valence electrons. The Morgan fingerprint density at radius 2 is 2.05 bits per heavy atom. The molecule has 0 saturated carbocycles. The van der Waals surface area contributed by atoms with Crippen LogP contribution in [0.3, 0.4) is 0 Å². The Morgan fingerprint density at radius 1 is 1.26 bits per heavy atom. The third-order valence-electron chi connectivity index (χ3n) is 2.86.